The molecule has 2 rings (SSSR count). The second-order valence-corrected chi connectivity index (χ2v) is 2.20. The summed E-state index contributed by atoms with van der Waals surface area (Å²) in [7, 11) is 4.76. The molecule has 0 spiro atoms. The van der Waals surface area contributed by atoms with Crippen LogP contribution in [0.2, 0.25) is 0 Å². The maximum atomic E-state index is 4.76. The molecular formula is C6H3ClN2SZn. The molecule has 0 unspecified atom stereocenters. The van der Waals surface area contributed by atoms with E-state index < -0.39 is 0 Å². The minimum atomic E-state index is 0.847. The minimum Gasteiger partial charge on any atom is -0.240 e. The average molecular weight is 236 g/mol. The van der Waals surface area contributed by atoms with Crippen LogP contribution in [0.3, 0.4) is 0 Å². The third-order valence-corrected chi connectivity index (χ3v) is 1.63. The molecule has 11 heavy (non-hydrogen) atoms. The number of fused-ring (bicyclic) bond motifs is 1. The van der Waals surface area contributed by atoms with E-state index in [0.717, 1.165) is 28.3 Å². The van der Waals surface area contributed by atoms with E-state index in [0.29, 0.717) is 0 Å². The van der Waals surface area contributed by atoms with Gasteiger partial charge in [-0.1, -0.05) is 0 Å². The molecule has 0 aliphatic rings. The molecular weight excluding hydrogens is 233 g/mol. The van der Waals surface area contributed by atoms with Crippen molar-refractivity contribution in [3.05, 3.63) is 24.3 Å². The van der Waals surface area contributed by atoms with Crippen molar-refractivity contribution in [2.24, 2.45) is 0 Å². The number of rotatable bonds is 0. The fraction of sp³-hybridized carbons (Fsp3) is 0. The zero-order valence-corrected chi connectivity index (χ0v) is 10.2. The Kier molecular flexibility index (Phi) is 3.91. The normalized spacial score (nSPS) is 9.00. The van der Waals surface area contributed by atoms with Gasteiger partial charge in [0.25, 0.3) is 0 Å². The Bertz CT molecular complexity index is 295. The van der Waals surface area contributed by atoms with Gasteiger partial charge < -0.3 is 0 Å². The summed E-state index contributed by atoms with van der Waals surface area (Å²) in [6, 6.07) is 8.64. The molecule has 0 bridgehead atoms. The third kappa shape index (κ3) is 2.19. The van der Waals surface area contributed by atoms with Crippen LogP contribution in [0, 0.1) is 6.07 Å². The summed E-state index contributed by atoms with van der Waals surface area (Å²) in [4.78, 5) is 0. The smallest absolute Gasteiger partial charge is 0.0533 e. The van der Waals surface area contributed by atoms with E-state index >= 15 is 0 Å². The first kappa shape index (κ1) is 9.04. The van der Waals surface area contributed by atoms with Crippen molar-refractivity contribution in [2.75, 3.05) is 0 Å². The van der Waals surface area contributed by atoms with E-state index in [2.05, 4.69) is 14.8 Å². The summed E-state index contributed by atoms with van der Waals surface area (Å²) >= 11 is 2.07. The SMILES string of the molecule is [Cl][Zn+].[c-]1cccc2nsnc12. The fourth-order valence-corrected chi connectivity index (χ4v) is 1.18. The second-order valence-electron chi connectivity index (χ2n) is 1.67. The van der Waals surface area contributed by atoms with Crippen molar-refractivity contribution in [3.63, 3.8) is 0 Å². The van der Waals surface area contributed by atoms with Gasteiger partial charge in [-0.05, 0) is 11.0 Å². The van der Waals surface area contributed by atoms with E-state index in [4.69, 9.17) is 9.69 Å². The molecule has 0 aliphatic heterocycles. The summed E-state index contributed by atoms with van der Waals surface area (Å²) in [6.45, 7) is 0. The van der Waals surface area contributed by atoms with Gasteiger partial charge in [0, 0.05) is 0 Å². The van der Waals surface area contributed by atoms with E-state index in [1.54, 1.807) is 0 Å². The molecule has 1 heterocycles. The van der Waals surface area contributed by atoms with Gasteiger partial charge in [0.2, 0.25) is 0 Å². The van der Waals surface area contributed by atoms with E-state index in [1.165, 1.54) is 11.7 Å². The first-order chi connectivity index (χ1) is 5.47. The van der Waals surface area contributed by atoms with E-state index in [1.807, 2.05) is 18.2 Å². The van der Waals surface area contributed by atoms with Gasteiger partial charge in [-0.15, -0.1) is 6.07 Å². The third-order valence-electron chi connectivity index (χ3n) is 1.08. The first-order valence-corrected chi connectivity index (χ1v) is 7.45. The average Bonchev–Trinajstić information content (AvgIpc) is 2.55. The second kappa shape index (κ2) is 4.76. The number of hydrogen-bond acceptors (Lipinski definition) is 3. The molecule has 2 nitrogen and oxygen atoms in total. The summed E-state index contributed by atoms with van der Waals surface area (Å²) < 4.78 is 8.01. The minimum absolute atomic E-state index is 0.847. The van der Waals surface area contributed by atoms with Crippen LogP contribution in [-0.4, -0.2) is 8.75 Å². The van der Waals surface area contributed by atoms with Crippen molar-refractivity contribution < 1.29 is 17.3 Å². The molecule has 0 saturated carbocycles. The van der Waals surface area contributed by atoms with Crippen LogP contribution in [0.5, 0.6) is 0 Å². The van der Waals surface area contributed by atoms with Crippen LogP contribution in [0.4, 0.5) is 0 Å². The molecule has 0 atom stereocenters. The largest absolute Gasteiger partial charge is 0.240 e. The quantitative estimate of drug-likeness (QED) is 0.517. The Morgan fingerprint density at radius 1 is 1.45 bits per heavy atom. The van der Waals surface area contributed by atoms with Gasteiger partial charge >= 0.3 is 27.0 Å². The maximum absolute atomic E-state index is 4.76. The summed E-state index contributed by atoms with van der Waals surface area (Å²) in [5, 5.41) is 0. The summed E-state index contributed by atoms with van der Waals surface area (Å²) in [5.74, 6) is 0. The van der Waals surface area contributed by atoms with Gasteiger partial charge in [0.15, 0.2) is 0 Å². The Morgan fingerprint density at radius 2 is 2.27 bits per heavy atom. The molecule has 0 saturated heterocycles. The van der Waals surface area contributed by atoms with Crippen LogP contribution in [0.15, 0.2) is 18.2 Å². The van der Waals surface area contributed by atoms with Gasteiger partial charge in [-0.25, -0.2) is 8.75 Å². The standard InChI is InChI=1S/C6H3N2S.ClH.Zn/c1-2-4-6-5(3-1)7-9-8-6;;/h1-3H;1H;/q-1;;+2/p-1. The Hall–Kier alpha value is -0.0466. The van der Waals surface area contributed by atoms with Crippen LogP contribution < -0.4 is 0 Å². The first-order valence-electron chi connectivity index (χ1n) is 2.82. The van der Waals surface area contributed by atoms with Gasteiger partial charge in [0.05, 0.1) is 11.7 Å². The molecule has 52 valence electrons. The predicted molar refractivity (Wildman–Crippen MR) is 42.1 cm³/mol. The van der Waals surface area contributed by atoms with Crippen molar-refractivity contribution in [1.29, 1.82) is 0 Å². The fourth-order valence-electron chi connectivity index (χ4n) is 0.671. The zero-order valence-electron chi connectivity index (χ0n) is 5.62. The number of halogens is 1. The monoisotopic (exact) mass is 234 g/mol. The van der Waals surface area contributed by atoms with E-state index in [-0.39, 0.29) is 0 Å². The number of hydrogen-bond donors (Lipinski definition) is 0. The molecule has 1 aromatic carbocycles. The van der Waals surface area contributed by atoms with Crippen molar-refractivity contribution >= 4 is 32.5 Å². The van der Waals surface area contributed by atoms with Crippen LogP contribution in [0.25, 0.3) is 11.0 Å². The van der Waals surface area contributed by atoms with Crippen LogP contribution in [-0.2, 0) is 17.3 Å². The van der Waals surface area contributed by atoms with Crippen LogP contribution in [0.1, 0.15) is 0 Å². The maximum Gasteiger partial charge on any atom is 0.0533 e. The number of nitrogens with zero attached hydrogens (tertiary/aromatic N) is 2. The van der Waals surface area contributed by atoms with E-state index in [9.17, 15) is 0 Å². The Balaban J connectivity index is 0.000000281. The molecule has 0 fully saturated rings. The molecule has 5 heteroatoms. The predicted octanol–water partition coefficient (Wildman–Crippen LogP) is 2.18. The molecule has 0 aliphatic carbocycles. The van der Waals surface area contributed by atoms with Crippen LogP contribution >= 0.6 is 21.4 Å². The van der Waals surface area contributed by atoms with Crippen molar-refractivity contribution in [3.8, 4) is 0 Å². The number of aromatic nitrogens is 2. The molecule has 0 amide bonds. The summed E-state index contributed by atoms with van der Waals surface area (Å²) in [5.41, 5.74) is 1.80. The van der Waals surface area contributed by atoms with Gasteiger partial charge in [-0.3, -0.25) is 0 Å². The summed E-state index contributed by atoms with van der Waals surface area (Å²) in [6.07, 6.45) is 0. The molecule has 2 aromatic rings. The van der Waals surface area contributed by atoms with Gasteiger partial charge in [0.1, 0.15) is 0 Å². The Labute approximate surface area is 82.6 Å². The Morgan fingerprint density at radius 3 is 3.00 bits per heavy atom. The molecule has 0 N–H and O–H groups in total. The topological polar surface area (TPSA) is 25.8 Å². The van der Waals surface area contributed by atoms with Crippen molar-refractivity contribution in [2.45, 2.75) is 0 Å². The van der Waals surface area contributed by atoms with Gasteiger partial charge in [-0.2, -0.15) is 18.2 Å². The van der Waals surface area contributed by atoms with Crippen molar-refractivity contribution in [1.82, 2.24) is 8.75 Å². The number of benzene rings is 1. The molecule has 1 aromatic heterocycles. The zero-order chi connectivity index (χ0) is 8.10. The molecule has 0 radical (unpaired) electrons.